The fourth-order valence-electron chi connectivity index (χ4n) is 4.31. The summed E-state index contributed by atoms with van der Waals surface area (Å²) in [6.45, 7) is 6.80. The van der Waals surface area contributed by atoms with Gasteiger partial charge in [0, 0.05) is 17.5 Å². The molecule has 1 saturated heterocycles. The molecule has 1 aromatic heterocycles. The van der Waals surface area contributed by atoms with Crippen LogP contribution in [0, 0.1) is 13.8 Å². The van der Waals surface area contributed by atoms with E-state index in [1.54, 1.807) is 0 Å². The summed E-state index contributed by atoms with van der Waals surface area (Å²) in [6.07, 6.45) is 5.03. The van der Waals surface area contributed by atoms with Crippen LogP contribution in [0.2, 0.25) is 0 Å². The van der Waals surface area contributed by atoms with Crippen LogP contribution < -0.4 is 5.32 Å². The summed E-state index contributed by atoms with van der Waals surface area (Å²) in [7, 11) is 0. The molecule has 1 N–H and O–H groups in total. The topological polar surface area (TPSA) is 45.5 Å². The Morgan fingerprint density at radius 2 is 1.69 bits per heavy atom. The predicted octanol–water partition coefficient (Wildman–Crippen LogP) is 5.40. The van der Waals surface area contributed by atoms with Gasteiger partial charge in [-0.25, -0.2) is 0 Å². The number of furan rings is 1. The normalized spacial score (nSPS) is 16.5. The van der Waals surface area contributed by atoms with Crippen molar-refractivity contribution < 1.29 is 9.21 Å². The first-order chi connectivity index (χ1) is 14.1. The monoisotopic (exact) mass is 390 g/mol. The highest BCUT2D eigenvalue weighted by molar-refractivity contribution is 5.98. The molecule has 29 heavy (non-hydrogen) atoms. The quantitative estimate of drug-likeness (QED) is 0.635. The molecule has 1 aliphatic rings. The zero-order chi connectivity index (χ0) is 20.2. The van der Waals surface area contributed by atoms with Crippen LogP contribution in [0.1, 0.15) is 59.0 Å². The first-order valence-electron chi connectivity index (χ1n) is 10.7. The number of benzene rings is 2. The van der Waals surface area contributed by atoms with E-state index in [0.29, 0.717) is 12.3 Å². The molecule has 0 bridgehead atoms. The number of carbonyl (C=O) groups excluding carboxylic acids is 1. The second-order valence-corrected chi connectivity index (χ2v) is 8.14. The molecular formula is C25H30N2O2. The van der Waals surface area contributed by atoms with Crippen LogP contribution >= 0.6 is 0 Å². The van der Waals surface area contributed by atoms with Gasteiger partial charge in [0.25, 0.3) is 5.91 Å². The van der Waals surface area contributed by atoms with Crippen molar-refractivity contribution in [2.24, 2.45) is 0 Å². The van der Waals surface area contributed by atoms with Crippen molar-refractivity contribution in [3.8, 4) is 0 Å². The minimum absolute atomic E-state index is 0.134. The van der Waals surface area contributed by atoms with Gasteiger partial charge in [0.2, 0.25) is 0 Å². The van der Waals surface area contributed by atoms with Gasteiger partial charge in [0.15, 0.2) is 5.76 Å². The molecule has 0 saturated carbocycles. The Hall–Kier alpha value is -2.59. The third-order valence-corrected chi connectivity index (χ3v) is 6.05. The molecule has 1 fully saturated rings. The van der Waals surface area contributed by atoms with E-state index in [2.05, 4.69) is 41.4 Å². The van der Waals surface area contributed by atoms with Gasteiger partial charge in [-0.15, -0.1) is 0 Å². The van der Waals surface area contributed by atoms with Crippen molar-refractivity contribution in [3.05, 3.63) is 71.0 Å². The van der Waals surface area contributed by atoms with Crippen LogP contribution in [0.25, 0.3) is 11.0 Å². The lowest BCUT2D eigenvalue weighted by Crippen LogP contribution is -2.38. The van der Waals surface area contributed by atoms with E-state index in [9.17, 15) is 4.79 Å². The summed E-state index contributed by atoms with van der Waals surface area (Å²) in [6, 6.07) is 16.7. The second kappa shape index (κ2) is 8.83. The number of nitrogens with one attached hydrogen (secondary N) is 1. The van der Waals surface area contributed by atoms with Gasteiger partial charge in [-0.3, -0.25) is 9.69 Å². The number of aryl methyl sites for hydroxylation is 2. The van der Waals surface area contributed by atoms with E-state index in [1.807, 2.05) is 31.2 Å². The maximum Gasteiger partial charge on any atom is 0.287 e. The second-order valence-electron chi connectivity index (χ2n) is 8.14. The van der Waals surface area contributed by atoms with Crippen molar-refractivity contribution in [2.75, 3.05) is 19.6 Å². The summed E-state index contributed by atoms with van der Waals surface area (Å²) in [4.78, 5) is 15.5. The van der Waals surface area contributed by atoms with E-state index in [0.717, 1.165) is 29.6 Å². The smallest absolute Gasteiger partial charge is 0.287 e. The van der Waals surface area contributed by atoms with E-state index in [1.165, 1.54) is 36.8 Å². The number of nitrogens with zero attached hydrogens (tertiary/aromatic N) is 1. The Balaban J connectivity index is 1.54. The first kappa shape index (κ1) is 19.7. The number of hydrogen-bond donors (Lipinski definition) is 1. The SMILES string of the molecule is Cc1ccc([C@@H](CNC(=O)c2oc3ccccc3c2C)N2CCCCCC2)cc1. The molecule has 152 valence electrons. The molecule has 0 spiro atoms. The van der Waals surface area contributed by atoms with Gasteiger partial charge >= 0.3 is 0 Å². The molecule has 1 amide bonds. The fourth-order valence-corrected chi connectivity index (χ4v) is 4.31. The fraction of sp³-hybridized carbons (Fsp3) is 0.400. The summed E-state index contributed by atoms with van der Waals surface area (Å²) < 4.78 is 5.85. The molecule has 0 unspecified atom stereocenters. The van der Waals surface area contributed by atoms with Gasteiger partial charge < -0.3 is 9.73 Å². The Morgan fingerprint density at radius 3 is 2.38 bits per heavy atom. The zero-order valence-electron chi connectivity index (χ0n) is 17.4. The summed E-state index contributed by atoms with van der Waals surface area (Å²) >= 11 is 0. The Morgan fingerprint density at radius 1 is 1.00 bits per heavy atom. The van der Waals surface area contributed by atoms with Gasteiger partial charge in [-0.1, -0.05) is 60.9 Å². The van der Waals surface area contributed by atoms with Crippen molar-refractivity contribution in [3.63, 3.8) is 0 Å². The zero-order valence-corrected chi connectivity index (χ0v) is 17.4. The highest BCUT2D eigenvalue weighted by atomic mass is 16.3. The molecule has 0 aliphatic carbocycles. The molecule has 4 nitrogen and oxygen atoms in total. The number of para-hydroxylation sites is 1. The molecule has 1 atom stereocenters. The van der Waals surface area contributed by atoms with Crippen molar-refractivity contribution >= 4 is 16.9 Å². The lowest BCUT2D eigenvalue weighted by atomic mass is 10.0. The molecule has 0 radical (unpaired) electrons. The van der Waals surface area contributed by atoms with Crippen LogP contribution in [0.3, 0.4) is 0 Å². The van der Waals surface area contributed by atoms with Crippen molar-refractivity contribution in [1.29, 1.82) is 0 Å². The van der Waals surface area contributed by atoms with E-state index >= 15 is 0 Å². The number of likely N-dealkylation sites (tertiary alicyclic amines) is 1. The summed E-state index contributed by atoms with van der Waals surface area (Å²) in [5.74, 6) is 0.287. The van der Waals surface area contributed by atoms with Gasteiger partial charge in [-0.05, 0) is 51.4 Å². The number of carbonyl (C=O) groups is 1. The average molecular weight is 391 g/mol. The molecule has 4 rings (SSSR count). The Labute approximate surface area is 172 Å². The summed E-state index contributed by atoms with van der Waals surface area (Å²) in [5.41, 5.74) is 4.18. The predicted molar refractivity (Wildman–Crippen MR) is 117 cm³/mol. The number of amides is 1. The molecule has 2 heterocycles. The van der Waals surface area contributed by atoms with E-state index in [4.69, 9.17) is 4.42 Å². The summed E-state index contributed by atoms with van der Waals surface area (Å²) in [5, 5.41) is 4.16. The highest BCUT2D eigenvalue weighted by Crippen LogP contribution is 2.26. The first-order valence-corrected chi connectivity index (χ1v) is 10.7. The van der Waals surface area contributed by atoms with Gasteiger partial charge in [-0.2, -0.15) is 0 Å². The van der Waals surface area contributed by atoms with E-state index in [-0.39, 0.29) is 11.9 Å². The lowest BCUT2D eigenvalue weighted by molar-refractivity contribution is 0.0907. The van der Waals surface area contributed by atoms with Crippen LogP contribution in [-0.4, -0.2) is 30.4 Å². The number of hydrogen-bond acceptors (Lipinski definition) is 3. The average Bonchev–Trinajstić information content (AvgIpc) is 2.90. The third kappa shape index (κ3) is 4.38. The third-order valence-electron chi connectivity index (χ3n) is 6.05. The van der Waals surface area contributed by atoms with Crippen LogP contribution in [0.4, 0.5) is 0 Å². The minimum atomic E-state index is -0.134. The lowest BCUT2D eigenvalue weighted by Gasteiger charge is -2.31. The standard InChI is InChI=1S/C25H30N2O2/c1-18-11-13-20(14-12-18)22(27-15-7-3-4-8-16-27)17-26-25(28)24-19(2)21-9-5-6-10-23(21)29-24/h5-6,9-14,22H,3-4,7-8,15-17H2,1-2H3,(H,26,28)/t22-/m1/s1. The van der Waals surface area contributed by atoms with Crippen LogP contribution in [0.15, 0.2) is 52.9 Å². The number of rotatable bonds is 5. The Bertz CT molecular complexity index is 966. The highest BCUT2D eigenvalue weighted by Gasteiger charge is 2.24. The maximum atomic E-state index is 13.0. The van der Waals surface area contributed by atoms with Gasteiger partial charge in [0.05, 0.1) is 6.04 Å². The van der Waals surface area contributed by atoms with Gasteiger partial charge in [0.1, 0.15) is 5.58 Å². The van der Waals surface area contributed by atoms with E-state index < -0.39 is 0 Å². The molecule has 4 heteroatoms. The van der Waals surface area contributed by atoms with Crippen molar-refractivity contribution in [1.82, 2.24) is 10.2 Å². The minimum Gasteiger partial charge on any atom is -0.451 e. The number of fused-ring (bicyclic) bond motifs is 1. The van der Waals surface area contributed by atoms with Crippen molar-refractivity contribution in [2.45, 2.75) is 45.6 Å². The molecule has 1 aliphatic heterocycles. The maximum absolute atomic E-state index is 13.0. The molecule has 2 aromatic carbocycles. The largest absolute Gasteiger partial charge is 0.451 e. The van der Waals surface area contributed by atoms with Crippen LogP contribution in [0.5, 0.6) is 0 Å². The Kier molecular flexibility index (Phi) is 6.00. The molecular weight excluding hydrogens is 360 g/mol. The molecule has 3 aromatic rings. The van der Waals surface area contributed by atoms with Crippen LogP contribution in [-0.2, 0) is 0 Å².